The second-order valence-electron chi connectivity index (χ2n) is 8.14. The third-order valence-corrected chi connectivity index (χ3v) is 6.00. The fourth-order valence-corrected chi connectivity index (χ4v) is 4.21. The molecule has 0 aliphatic carbocycles. The van der Waals surface area contributed by atoms with E-state index in [1.807, 2.05) is 6.07 Å². The van der Waals surface area contributed by atoms with Gasteiger partial charge >= 0.3 is 0 Å². The van der Waals surface area contributed by atoms with Gasteiger partial charge in [0.05, 0.1) is 18.1 Å². The monoisotopic (exact) mass is 437 g/mol. The number of nitrogens with one attached hydrogen (secondary N) is 1. The van der Waals surface area contributed by atoms with Crippen LogP contribution in [-0.2, 0) is 13.1 Å². The van der Waals surface area contributed by atoms with Crippen molar-refractivity contribution in [1.82, 2.24) is 29.7 Å². The lowest BCUT2D eigenvalue weighted by atomic mass is 10.0. The summed E-state index contributed by atoms with van der Waals surface area (Å²) in [5.74, 6) is 1.87. The first-order chi connectivity index (χ1) is 15.7. The Balaban J connectivity index is 1.13. The number of aromatic nitrogens is 4. The molecule has 2 aliphatic heterocycles. The summed E-state index contributed by atoms with van der Waals surface area (Å²) in [6.45, 7) is 5.14. The Bertz CT molecular complexity index is 1160. The van der Waals surface area contributed by atoms with Gasteiger partial charge in [0.2, 0.25) is 0 Å². The average Bonchev–Trinajstić information content (AvgIpc) is 2.82. The molecule has 1 fully saturated rings. The van der Waals surface area contributed by atoms with Crippen LogP contribution in [0.4, 0.5) is 5.82 Å². The summed E-state index contributed by atoms with van der Waals surface area (Å²) >= 11 is 0. The number of hydrogen-bond donors (Lipinski definition) is 2. The molecule has 0 radical (unpaired) electrons. The van der Waals surface area contributed by atoms with E-state index in [9.17, 15) is 4.79 Å². The molecule has 3 aromatic heterocycles. The smallest absolute Gasteiger partial charge is 0.270 e. The predicted octanol–water partition coefficient (Wildman–Crippen LogP) is 0.794. The van der Waals surface area contributed by atoms with Crippen LogP contribution < -0.4 is 26.1 Å². The Morgan fingerprint density at radius 1 is 1.06 bits per heavy atom. The first-order valence-corrected chi connectivity index (χ1v) is 11.0. The number of pyridine rings is 2. The molecular weight excluding hydrogens is 410 g/mol. The van der Waals surface area contributed by atoms with Gasteiger partial charge in [-0.2, -0.15) is 0 Å². The summed E-state index contributed by atoms with van der Waals surface area (Å²) in [5.41, 5.74) is 7.83. The Hall–Kier alpha value is -3.24. The maximum absolute atomic E-state index is 12.3. The summed E-state index contributed by atoms with van der Waals surface area (Å²) in [6, 6.07) is 5.88. The molecule has 0 atom stereocenters. The Labute approximate surface area is 185 Å². The van der Waals surface area contributed by atoms with Gasteiger partial charge in [-0.25, -0.2) is 9.97 Å². The van der Waals surface area contributed by atoms with Crippen LogP contribution in [0.5, 0.6) is 11.5 Å². The summed E-state index contributed by atoms with van der Waals surface area (Å²) in [5, 5.41) is 3.61. The normalized spacial score (nSPS) is 17.0. The number of hydrogen-bond acceptors (Lipinski definition) is 9. The van der Waals surface area contributed by atoms with E-state index in [4.69, 9.17) is 15.2 Å². The van der Waals surface area contributed by atoms with E-state index in [-0.39, 0.29) is 5.56 Å². The van der Waals surface area contributed by atoms with E-state index in [1.165, 1.54) is 6.20 Å². The molecule has 3 aromatic rings. The maximum Gasteiger partial charge on any atom is 0.270 e. The van der Waals surface area contributed by atoms with Gasteiger partial charge in [0.1, 0.15) is 24.5 Å². The fraction of sp³-hybridized carbons (Fsp3) is 0.455. The van der Waals surface area contributed by atoms with Gasteiger partial charge in [-0.1, -0.05) is 0 Å². The van der Waals surface area contributed by atoms with Crippen LogP contribution in [0, 0.1) is 0 Å². The third-order valence-electron chi connectivity index (χ3n) is 6.00. The van der Waals surface area contributed by atoms with Crippen LogP contribution >= 0.6 is 0 Å². The molecular formula is C22H27N7O3. The maximum atomic E-state index is 12.3. The first-order valence-electron chi connectivity index (χ1n) is 11.0. The second-order valence-corrected chi connectivity index (χ2v) is 8.14. The van der Waals surface area contributed by atoms with Gasteiger partial charge < -0.3 is 25.4 Å². The molecule has 3 N–H and O–H groups in total. The van der Waals surface area contributed by atoms with Crippen LogP contribution in [0.15, 0.2) is 35.4 Å². The highest BCUT2D eigenvalue weighted by molar-refractivity contribution is 5.71. The number of fused-ring (bicyclic) bond motifs is 2. The fourth-order valence-electron chi connectivity index (χ4n) is 4.21. The molecule has 0 unspecified atom stereocenters. The Morgan fingerprint density at radius 2 is 1.88 bits per heavy atom. The predicted molar refractivity (Wildman–Crippen MR) is 120 cm³/mol. The molecule has 32 heavy (non-hydrogen) atoms. The third kappa shape index (κ3) is 4.51. The SMILES string of the molecule is Nc1ccc2ncc(=O)n(CCN3CCC(NCc4cc5c(cn4)OCCO5)CC3)c2n1. The van der Waals surface area contributed by atoms with Crippen molar-refractivity contribution in [2.75, 3.05) is 38.6 Å². The lowest BCUT2D eigenvalue weighted by Gasteiger charge is -2.32. The molecule has 10 heteroatoms. The summed E-state index contributed by atoms with van der Waals surface area (Å²) in [6.07, 6.45) is 5.17. The molecule has 0 saturated carbocycles. The number of nitrogen functional groups attached to an aromatic ring is 1. The number of piperidine rings is 1. The van der Waals surface area contributed by atoms with Gasteiger partial charge in [-0.3, -0.25) is 14.3 Å². The topological polar surface area (TPSA) is 120 Å². The highest BCUT2D eigenvalue weighted by atomic mass is 16.6. The number of anilines is 1. The molecule has 1 saturated heterocycles. The van der Waals surface area contributed by atoms with Crippen molar-refractivity contribution in [1.29, 1.82) is 0 Å². The van der Waals surface area contributed by atoms with E-state index in [1.54, 1.807) is 22.9 Å². The van der Waals surface area contributed by atoms with Crippen LogP contribution in [0.2, 0.25) is 0 Å². The minimum absolute atomic E-state index is 0.154. The summed E-state index contributed by atoms with van der Waals surface area (Å²) < 4.78 is 12.8. The minimum atomic E-state index is -0.154. The summed E-state index contributed by atoms with van der Waals surface area (Å²) in [4.78, 5) is 27.7. The van der Waals surface area contributed by atoms with Gasteiger partial charge in [-0.15, -0.1) is 0 Å². The molecule has 0 bridgehead atoms. The second kappa shape index (κ2) is 9.09. The van der Waals surface area contributed by atoms with Gasteiger partial charge in [0.15, 0.2) is 17.1 Å². The number of rotatable bonds is 6. The summed E-state index contributed by atoms with van der Waals surface area (Å²) in [7, 11) is 0. The van der Waals surface area contributed by atoms with Crippen LogP contribution in [0.25, 0.3) is 11.2 Å². The molecule has 0 aromatic carbocycles. The van der Waals surface area contributed by atoms with Crippen LogP contribution in [0.3, 0.4) is 0 Å². The number of nitrogens with zero attached hydrogens (tertiary/aromatic N) is 5. The molecule has 10 nitrogen and oxygen atoms in total. The largest absolute Gasteiger partial charge is 0.486 e. The minimum Gasteiger partial charge on any atom is -0.486 e. The first kappa shape index (κ1) is 20.7. The Kier molecular flexibility index (Phi) is 5.87. The van der Waals surface area contributed by atoms with Gasteiger partial charge in [0, 0.05) is 31.7 Å². The van der Waals surface area contributed by atoms with Crippen molar-refractivity contribution in [2.45, 2.75) is 32.0 Å². The van der Waals surface area contributed by atoms with E-state index < -0.39 is 0 Å². The van der Waals surface area contributed by atoms with Crippen molar-refractivity contribution in [3.05, 3.63) is 46.6 Å². The van der Waals surface area contributed by atoms with Crippen molar-refractivity contribution in [3.8, 4) is 11.5 Å². The quantitative estimate of drug-likeness (QED) is 0.577. The van der Waals surface area contributed by atoms with Crippen molar-refractivity contribution < 1.29 is 9.47 Å². The highest BCUT2D eigenvalue weighted by Crippen LogP contribution is 2.29. The molecule has 168 valence electrons. The van der Waals surface area contributed by atoms with Crippen molar-refractivity contribution in [3.63, 3.8) is 0 Å². The zero-order valence-electron chi connectivity index (χ0n) is 17.9. The molecule has 0 spiro atoms. The molecule has 5 heterocycles. The molecule has 5 rings (SSSR count). The number of likely N-dealkylation sites (tertiary alicyclic amines) is 1. The van der Waals surface area contributed by atoms with E-state index in [0.29, 0.717) is 55.1 Å². The average molecular weight is 438 g/mol. The van der Waals surface area contributed by atoms with Gasteiger partial charge in [0.25, 0.3) is 5.56 Å². The van der Waals surface area contributed by atoms with Gasteiger partial charge in [-0.05, 0) is 38.1 Å². The van der Waals surface area contributed by atoms with E-state index in [2.05, 4.69) is 25.2 Å². The zero-order valence-corrected chi connectivity index (χ0v) is 17.9. The van der Waals surface area contributed by atoms with E-state index in [0.717, 1.165) is 43.9 Å². The molecule has 2 aliphatic rings. The molecule has 0 amide bonds. The van der Waals surface area contributed by atoms with Crippen molar-refractivity contribution in [2.24, 2.45) is 0 Å². The lowest BCUT2D eigenvalue weighted by Crippen LogP contribution is -2.43. The van der Waals surface area contributed by atoms with E-state index >= 15 is 0 Å². The number of ether oxygens (including phenoxy) is 2. The van der Waals surface area contributed by atoms with Crippen molar-refractivity contribution >= 4 is 17.0 Å². The number of nitrogens with two attached hydrogens (primary N) is 1. The zero-order chi connectivity index (χ0) is 21.9. The Morgan fingerprint density at radius 3 is 2.72 bits per heavy atom. The highest BCUT2D eigenvalue weighted by Gasteiger charge is 2.20. The van der Waals surface area contributed by atoms with Crippen LogP contribution in [-0.4, -0.2) is 63.3 Å². The van der Waals surface area contributed by atoms with Crippen LogP contribution in [0.1, 0.15) is 18.5 Å². The standard InChI is InChI=1S/C22H27N7O3/c23-20-2-1-17-22(27-20)29(21(30)14-26-17)8-7-28-5-3-15(4-6-28)24-12-16-11-18-19(13-25-16)32-10-9-31-18/h1-2,11,13-15,24H,3-10,12H2,(H2,23,27). The lowest BCUT2D eigenvalue weighted by molar-refractivity contribution is 0.170.